The zero-order valence-electron chi connectivity index (χ0n) is 16.6. The third-order valence-corrected chi connectivity index (χ3v) is 5.12. The van der Waals surface area contributed by atoms with Crippen LogP contribution in [-0.2, 0) is 10.7 Å². The predicted molar refractivity (Wildman–Crippen MR) is 110 cm³/mol. The lowest BCUT2D eigenvalue weighted by Crippen LogP contribution is -2.13. The van der Waals surface area contributed by atoms with Gasteiger partial charge in [0.25, 0.3) is 0 Å². The van der Waals surface area contributed by atoms with Crippen molar-refractivity contribution >= 4 is 23.2 Å². The molecule has 0 bridgehead atoms. The Morgan fingerprint density at radius 1 is 1.23 bits per heavy atom. The quantitative estimate of drug-likeness (QED) is 0.542. The number of ether oxygens (including phenoxy) is 1. The number of rotatable bonds is 6. The van der Waals surface area contributed by atoms with Gasteiger partial charge in [0.1, 0.15) is 23.0 Å². The molecule has 0 aliphatic heterocycles. The molecule has 4 rings (SSSR count). The molecule has 0 N–H and O–H groups in total. The van der Waals surface area contributed by atoms with E-state index in [2.05, 4.69) is 19.9 Å². The molecule has 1 aliphatic rings. The van der Waals surface area contributed by atoms with Crippen LogP contribution in [0, 0.1) is 12.7 Å². The largest absolute Gasteiger partial charge is 0.467 e. The van der Waals surface area contributed by atoms with Gasteiger partial charge in [-0.15, -0.1) is 0 Å². The molecule has 3 aromatic rings. The summed E-state index contributed by atoms with van der Waals surface area (Å²) in [6.45, 7) is 1.93. The van der Waals surface area contributed by atoms with Crippen LogP contribution in [0.2, 0.25) is 0 Å². The molecular weight excluding hydrogens is 412 g/mol. The van der Waals surface area contributed by atoms with Crippen LogP contribution >= 0.6 is 12.0 Å². The number of hydrogen-bond acceptors (Lipinski definition) is 7. The average Bonchev–Trinajstić information content (AvgIpc) is 3.09. The van der Waals surface area contributed by atoms with Crippen LogP contribution in [0.25, 0.3) is 22.6 Å². The Balaban J connectivity index is 1.85. The van der Waals surface area contributed by atoms with Gasteiger partial charge in [-0.05, 0) is 25.0 Å². The number of hydrogen-bond donors (Lipinski definition) is 0. The molecule has 0 radical (unpaired) electrons. The number of nitrogens with zero attached hydrogens (tertiary/aromatic N) is 5. The molecule has 3 heterocycles. The first kappa shape index (κ1) is 20.4. The summed E-state index contributed by atoms with van der Waals surface area (Å²) >= 11 is 1.20. The lowest BCUT2D eigenvalue weighted by molar-refractivity contribution is 0.280. The van der Waals surface area contributed by atoms with E-state index in [0.29, 0.717) is 33.8 Å². The van der Waals surface area contributed by atoms with E-state index in [-0.39, 0.29) is 30.9 Å². The van der Waals surface area contributed by atoms with Gasteiger partial charge < -0.3 is 13.5 Å². The standard InChI is InChI=1S/C20H19F2N5O2S/c1-11-17-19(26-20(24-11)28-2)27(18(25-17)13-6-14(21)9-23-8-13)10-12-4-5-15(29-30-3)7-16(12)22/h4-6,8-9,15H,7,10H2,1-3H3. The zero-order valence-corrected chi connectivity index (χ0v) is 17.4. The molecule has 1 atom stereocenters. The van der Waals surface area contributed by atoms with E-state index < -0.39 is 5.82 Å². The number of aromatic nitrogens is 5. The highest BCUT2D eigenvalue weighted by molar-refractivity contribution is 7.93. The van der Waals surface area contributed by atoms with Gasteiger partial charge in [0.05, 0.1) is 31.6 Å². The highest BCUT2D eigenvalue weighted by atomic mass is 32.2. The molecule has 7 nitrogen and oxygen atoms in total. The van der Waals surface area contributed by atoms with E-state index >= 15 is 0 Å². The van der Waals surface area contributed by atoms with E-state index in [4.69, 9.17) is 8.92 Å². The number of methoxy groups -OCH3 is 1. The van der Waals surface area contributed by atoms with E-state index in [0.717, 1.165) is 6.20 Å². The molecular formula is C20H19F2N5O2S. The second-order valence-corrected chi connectivity index (χ2v) is 7.20. The van der Waals surface area contributed by atoms with E-state index in [1.807, 2.05) is 6.08 Å². The average molecular weight is 431 g/mol. The summed E-state index contributed by atoms with van der Waals surface area (Å²) in [5.41, 5.74) is 2.52. The van der Waals surface area contributed by atoms with E-state index in [1.54, 1.807) is 23.8 Å². The number of aryl methyl sites for hydroxylation is 1. The van der Waals surface area contributed by atoms with Crippen LogP contribution in [0.5, 0.6) is 6.01 Å². The maximum absolute atomic E-state index is 14.8. The molecule has 0 aromatic carbocycles. The maximum atomic E-state index is 14.8. The van der Waals surface area contributed by atoms with Gasteiger partial charge in [0.15, 0.2) is 5.65 Å². The molecule has 1 unspecified atom stereocenters. The lowest BCUT2D eigenvalue weighted by atomic mass is 10.0. The normalized spacial score (nSPS) is 16.5. The molecule has 10 heteroatoms. The second kappa shape index (κ2) is 8.49. The Bertz CT molecular complexity index is 1160. The van der Waals surface area contributed by atoms with Crippen molar-refractivity contribution in [1.82, 2.24) is 24.5 Å². The van der Waals surface area contributed by atoms with E-state index in [9.17, 15) is 8.78 Å². The number of halogens is 2. The fourth-order valence-corrected chi connectivity index (χ4v) is 3.68. The van der Waals surface area contributed by atoms with Crippen molar-refractivity contribution in [3.8, 4) is 17.4 Å². The number of allylic oxidation sites excluding steroid dienone is 2. The second-order valence-electron chi connectivity index (χ2n) is 6.68. The minimum atomic E-state index is -0.494. The highest BCUT2D eigenvalue weighted by Gasteiger charge is 2.22. The summed E-state index contributed by atoms with van der Waals surface area (Å²) in [5.74, 6) is -0.357. The van der Waals surface area contributed by atoms with Crippen molar-refractivity contribution in [1.29, 1.82) is 0 Å². The van der Waals surface area contributed by atoms with Gasteiger partial charge >= 0.3 is 6.01 Å². The van der Waals surface area contributed by atoms with Crippen molar-refractivity contribution in [3.05, 3.63) is 53.5 Å². The molecule has 0 amide bonds. The number of pyridine rings is 1. The van der Waals surface area contributed by atoms with Crippen molar-refractivity contribution in [2.24, 2.45) is 0 Å². The first-order valence-electron chi connectivity index (χ1n) is 9.15. The Kier molecular flexibility index (Phi) is 5.78. The van der Waals surface area contributed by atoms with Crippen LogP contribution in [0.3, 0.4) is 0 Å². The number of imidazole rings is 1. The van der Waals surface area contributed by atoms with Crippen LogP contribution < -0.4 is 4.74 Å². The minimum Gasteiger partial charge on any atom is -0.467 e. The van der Waals surface area contributed by atoms with Crippen molar-refractivity contribution in [2.45, 2.75) is 26.0 Å². The third-order valence-electron chi connectivity index (χ3n) is 4.68. The monoisotopic (exact) mass is 431 g/mol. The summed E-state index contributed by atoms with van der Waals surface area (Å²) in [6, 6.07) is 1.50. The third kappa shape index (κ3) is 3.92. The predicted octanol–water partition coefficient (Wildman–Crippen LogP) is 4.19. The van der Waals surface area contributed by atoms with Crippen molar-refractivity contribution in [2.75, 3.05) is 13.4 Å². The summed E-state index contributed by atoms with van der Waals surface area (Å²) < 4.78 is 41.0. The number of fused-ring (bicyclic) bond motifs is 1. The molecule has 3 aromatic heterocycles. The summed E-state index contributed by atoms with van der Waals surface area (Å²) in [5, 5.41) is 0. The Labute approximate surface area is 176 Å². The Hall–Kier alpha value is -2.85. The molecule has 30 heavy (non-hydrogen) atoms. The summed E-state index contributed by atoms with van der Waals surface area (Å²) in [4.78, 5) is 17.2. The summed E-state index contributed by atoms with van der Waals surface area (Å²) in [6.07, 6.45) is 7.75. The zero-order chi connectivity index (χ0) is 21.3. The fourth-order valence-electron chi connectivity index (χ4n) is 3.30. The molecule has 0 spiro atoms. The van der Waals surface area contributed by atoms with E-state index in [1.165, 1.54) is 31.4 Å². The van der Waals surface area contributed by atoms with Gasteiger partial charge in [-0.2, -0.15) is 9.97 Å². The molecule has 0 saturated heterocycles. The van der Waals surface area contributed by atoms with Gasteiger partial charge in [-0.1, -0.05) is 12.2 Å². The first-order valence-corrected chi connectivity index (χ1v) is 10.3. The smallest absolute Gasteiger partial charge is 0.318 e. The first-order chi connectivity index (χ1) is 14.5. The van der Waals surface area contributed by atoms with Gasteiger partial charge in [-0.25, -0.2) is 13.8 Å². The highest BCUT2D eigenvalue weighted by Crippen LogP contribution is 2.30. The fraction of sp³-hybridized carbons (Fsp3) is 0.300. The molecule has 0 saturated carbocycles. The molecule has 0 fully saturated rings. The maximum Gasteiger partial charge on any atom is 0.318 e. The van der Waals surface area contributed by atoms with Gasteiger partial charge in [-0.3, -0.25) is 4.98 Å². The summed E-state index contributed by atoms with van der Waals surface area (Å²) in [7, 11) is 1.47. The Morgan fingerprint density at radius 3 is 2.77 bits per heavy atom. The van der Waals surface area contributed by atoms with Crippen LogP contribution in [0.15, 0.2) is 42.0 Å². The Morgan fingerprint density at radius 2 is 2.07 bits per heavy atom. The SMILES string of the molecule is COc1nc(C)c2nc(-c3cncc(F)c3)n(CC3=C(F)CC(OSC)C=C3)c2n1. The van der Waals surface area contributed by atoms with Crippen LogP contribution in [0.4, 0.5) is 8.78 Å². The van der Waals surface area contributed by atoms with Crippen molar-refractivity contribution in [3.63, 3.8) is 0 Å². The lowest BCUT2D eigenvalue weighted by Gasteiger charge is -2.18. The molecule has 156 valence electrons. The van der Waals surface area contributed by atoms with Gasteiger partial charge in [0, 0.05) is 30.0 Å². The minimum absolute atomic E-state index is 0.146. The van der Waals surface area contributed by atoms with Crippen LogP contribution in [-0.4, -0.2) is 44.0 Å². The van der Waals surface area contributed by atoms with Crippen molar-refractivity contribution < 1.29 is 17.7 Å². The van der Waals surface area contributed by atoms with Crippen LogP contribution in [0.1, 0.15) is 12.1 Å². The topological polar surface area (TPSA) is 75.0 Å². The van der Waals surface area contributed by atoms with Gasteiger partial charge in [0.2, 0.25) is 0 Å². The molecule has 1 aliphatic carbocycles.